The number of carbonyl (C=O) groups is 1. The minimum atomic E-state index is 0.0799. The zero-order valence-corrected chi connectivity index (χ0v) is 8.95. The number of halogens is 1. The third kappa shape index (κ3) is 1.48. The average Bonchev–Trinajstić information content (AvgIpc) is 2.19. The highest BCUT2D eigenvalue weighted by Crippen LogP contribution is 2.26. The van der Waals surface area contributed by atoms with Gasteiger partial charge in [0.25, 0.3) is 0 Å². The first kappa shape index (κ1) is 8.74. The van der Waals surface area contributed by atoms with Gasteiger partial charge in [-0.05, 0) is 16.2 Å². The van der Waals surface area contributed by atoms with Crippen molar-refractivity contribution in [1.82, 2.24) is 0 Å². The van der Waals surface area contributed by atoms with E-state index in [0.717, 1.165) is 5.57 Å². The van der Waals surface area contributed by atoms with Crippen LogP contribution in [0.5, 0.6) is 5.75 Å². The Morgan fingerprint density at radius 1 is 1.38 bits per heavy atom. The molecule has 1 aliphatic heterocycles. The van der Waals surface area contributed by atoms with Gasteiger partial charge in [0.15, 0.2) is 5.78 Å². The molecule has 66 valence electrons. The van der Waals surface area contributed by atoms with E-state index >= 15 is 0 Å². The number of benzene rings is 1. The molecule has 0 N–H and O–H groups in total. The second-order valence-electron chi connectivity index (χ2n) is 2.75. The van der Waals surface area contributed by atoms with Crippen LogP contribution in [0.2, 0.25) is 0 Å². The molecule has 0 amide bonds. The van der Waals surface area contributed by atoms with Crippen LogP contribution < -0.4 is 4.74 Å². The van der Waals surface area contributed by atoms with Gasteiger partial charge in [-0.2, -0.15) is 0 Å². The smallest absolute Gasteiger partial charge is 0.196 e. The molecule has 2 rings (SSSR count). The third-order valence-electron chi connectivity index (χ3n) is 1.94. The summed E-state index contributed by atoms with van der Waals surface area (Å²) in [4.78, 5) is 11.7. The van der Waals surface area contributed by atoms with Crippen molar-refractivity contribution in [3.8, 4) is 5.75 Å². The van der Waals surface area contributed by atoms with Crippen molar-refractivity contribution in [2.45, 2.75) is 0 Å². The first-order valence-corrected chi connectivity index (χ1v) is 5.13. The van der Waals surface area contributed by atoms with Crippen LogP contribution in [0.3, 0.4) is 0 Å². The topological polar surface area (TPSA) is 26.3 Å². The van der Waals surface area contributed by atoms with Crippen molar-refractivity contribution in [1.29, 1.82) is 0 Å². The lowest BCUT2D eigenvalue weighted by Crippen LogP contribution is -2.18. The van der Waals surface area contributed by atoms with E-state index in [1.54, 1.807) is 10.1 Å². The highest BCUT2D eigenvalue weighted by Gasteiger charge is 2.21. The van der Waals surface area contributed by atoms with Crippen molar-refractivity contribution in [3.63, 3.8) is 0 Å². The maximum atomic E-state index is 11.7. The Bertz CT molecular complexity index is 382. The van der Waals surface area contributed by atoms with Crippen molar-refractivity contribution in [2.75, 3.05) is 6.61 Å². The molecule has 3 heteroatoms. The van der Waals surface area contributed by atoms with Gasteiger partial charge in [0, 0.05) is 5.57 Å². The van der Waals surface area contributed by atoms with Crippen molar-refractivity contribution >= 4 is 28.4 Å². The second kappa shape index (κ2) is 3.49. The van der Waals surface area contributed by atoms with Crippen LogP contribution in [0.4, 0.5) is 0 Å². The van der Waals surface area contributed by atoms with Crippen LogP contribution in [-0.4, -0.2) is 12.4 Å². The van der Waals surface area contributed by atoms with E-state index in [1.807, 2.05) is 18.2 Å². The van der Waals surface area contributed by atoms with E-state index in [0.29, 0.717) is 17.9 Å². The van der Waals surface area contributed by atoms with Gasteiger partial charge in [-0.15, -0.1) is 0 Å². The quantitative estimate of drug-likeness (QED) is 0.541. The lowest BCUT2D eigenvalue weighted by Gasteiger charge is -2.17. The molecule has 13 heavy (non-hydrogen) atoms. The van der Waals surface area contributed by atoms with Gasteiger partial charge in [0.05, 0.1) is 5.56 Å². The highest BCUT2D eigenvalue weighted by molar-refractivity contribution is 14.1. The Labute approximate surface area is 89.7 Å². The van der Waals surface area contributed by atoms with Gasteiger partial charge in [0.1, 0.15) is 12.4 Å². The Kier molecular flexibility index (Phi) is 2.35. The normalized spacial score (nSPS) is 18.2. The fraction of sp³-hybridized carbons (Fsp3) is 0.100. The van der Waals surface area contributed by atoms with E-state index in [-0.39, 0.29) is 5.78 Å². The minimum Gasteiger partial charge on any atom is -0.488 e. The highest BCUT2D eigenvalue weighted by atomic mass is 127. The number of hydrogen-bond acceptors (Lipinski definition) is 2. The zero-order chi connectivity index (χ0) is 9.26. The number of para-hydroxylation sites is 1. The molecule has 0 saturated carbocycles. The molecular formula is C10H7IO2. The summed E-state index contributed by atoms with van der Waals surface area (Å²) < 4.78 is 7.18. The van der Waals surface area contributed by atoms with Gasteiger partial charge in [0.2, 0.25) is 0 Å². The molecule has 1 heterocycles. The first-order valence-electron chi connectivity index (χ1n) is 3.88. The molecule has 0 unspecified atom stereocenters. The summed E-state index contributed by atoms with van der Waals surface area (Å²) >= 11 is 2.06. The zero-order valence-electron chi connectivity index (χ0n) is 6.79. The van der Waals surface area contributed by atoms with Gasteiger partial charge in [-0.25, -0.2) is 0 Å². The Hall–Kier alpha value is -0.840. The molecule has 1 aromatic carbocycles. The van der Waals surface area contributed by atoms with E-state index in [1.165, 1.54) is 0 Å². The molecule has 0 spiro atoms. The average molecular weight is 286 g/mol. The predicted octanol–water partition coefficient (Wildman–Crippen LogP) is 2.58. The fourth-order valence-electron chi connectivity index (χ4n) is 1.26. The van der Waals surface area contributed by atoms with Crippen LogP contribution in [0.1, 0.15) is 10.4 Å². The summed E-state index contributed by atoms with van der Waals surface area (Å²) in [7, 11) is 0. The number of carbonyl (C=O) groups excluding carboxylic acids is 1. The summed E-state index contributed by atoms with van der Waals surface area (Å²) in [5, 5.41) is 0. The van der Waals surface area contributed by atoms with Gasteiger partial charge in [-0.1, -0.05) is 34.7 Å². The Morgan fingerprint density at radius 3 is 2.92 bits per heavy atom. The summed E-state index contributed by atoms with van der Waals surface area (Å²) in [6.45, 7) is 0.388. The van der Waals surface area contributed by atoms with Crippen LogP contribution in [0.25, 0.3) is 0 Å². The fourth-order valence-corrected chi connectivity index (χ4v) is 1.72. The molecule has 0 radical (unpaired) electrons. The van der Waals surface area contributed by atoms with Crippen molar-refractivity contribution < 1.29 is 9.53 Å². The Balaban J connectivity index is 2.51. The number of ether oxygens (including phenoxy) is 1. The summed E-state index contributed by atoms with van der Waals surface area (Å²) in [6.07, 6.45) is 0. The molecule has 2 nitrogen and oxygen atoms in total. The lowest BCUT2D eigenvalue weighted by atomic mass is 10.0. The molecule has 0 aliphatic carbocycles. The standard InChI is InChI=1S/C10H7IO2/c11-5-7-6-13-9-4-2-1-3-8(9)10(7)12/h1-5H,6H2/b7-5-. The van der Waals surface area contributed by atoms with Gasteiger partial charge >= 0.3 is 0 Å². The maximum Gasteiger partial charge on any atom is 0.196 e. The van der Waals surface area contributed by atoms with Crippen molar-refractivity contribution in [2.24, 2.45) is 0 Å². The second-order valence-corrected chi connectivity index (χ2v) is 3.37. The SMILES string of the molecule is O=C1/C(=C\I)COc2ccccc21. The van der Waals surface area contributed by atoms with Crippen LogP contribution >= 0.6 is 22.6 Å². The van der Waals surface area contributed by atoms with Gasteiger partial charge < -0.3 is 4.74 Å². The third-order valence-corrected chi connectivity index (χ3v) is 2.69. The number of rotatable bonds is 0. The van der Waals surface area contributed by atoms with E-state index in [9.17, 15) is 4.79 Å². The van der Waals surface area contributed by atoms with E-state index < -0.39 is 0 Å². The summed E-state index contributed by atoms with van der Waals surface area (Å²) in [5.41, 5.74) is 1.39. The molecule has 1 aromatic rings. The van der Waals surface area contributed by atoms with Crippen LogP contribution in [0.15, 0.2) is 33.9 Å². The van der Waals surface area contributed by atoms with E-state index in [2.05, 4.69) is 22.6 Å². The number of Topliss-reactive ketones (excluding diaryl/α,β-unsaturated/α-hetero) is 1. The number of ketones is 1. The largest absolute Gasteiger partial charge is 0.488 e. The molecule has 0 atom stereocenters. The van der Waals surface area contributed by atoms with Crippen LogP contribution in [0, 0.1) is 0 Å². The van der Waals surface area contributed by atoms with Crippen LogP contribution in [-0.2, 0) is 0 Å². The number of hydrogen-bond donors (Lipinski definition) is 0. The monoisotopic (exact) mass is 286 g/mol. The van der Waals surface area contributed by atoms with Gasteiger partial charge in [-0.3, -0.25) is 4.79 Å². The molecule has 1 aliphatic rings. The number of fused-ring (bicyclic) bond motifs is 1. The maximum absolute atomic E-state index is 11.7. The summed E-state index contributed by atoms with van der Waals surface area (Å²) in [6, 6.07) is 7.31. The minimum absolute atomic E-state index is 0.0799. The molecular weight excluding hydrogens is 279 g/mol. The molecule has 0 aromatic heterocycles. The Morgan fingerprint density at radius 2 is 2.15 bits per heavy atom. The first-order chi connectivity index (χ1) is 6.33. The lowest BCUT2D eigenvalue weighted by molar-refractivity contribution is 0.1000. The molecule has 0 fully saturated rings. The summed E-state index contributed by atoms with van der Waals surface area (Å²) in [5.74, 6) is 0.769. The molecule has 0 bridgehead atoms. The van der Waals surface area contributed by atoms with Crippen molar-refractivity contribution in [3.05, 3.63) is 39.5 Å². The van der Waals surface area contributed by atoms with E-state index in [4.69, 9.17) is 4.74 Å². The predicted molar refractivity (Wildman–Crippen MR) is 58.4 cm³/mol. The molecule has 0 saturated heterocycles.